The fourth-order valence-corrected chi connectivity index (χ4v) is 4.35. The number of benzene rings is 1. The number of amidine groups is 1. The maximum Gasteiger partial charge on any atom is 0.290 e. The highest BCUT2D eigenvalue weighted by Crippen LogP contribution is 2.33. The molecule has 0 unspecified atom stereocenters. The molecule has 0 spiro atoms. The van der Waals surface area contributed by atoms with Gasteiger partial charge in [-0.2, -0.15) is 5.10 Å². The van der Waals surface area contributed by atoms with Crippen LogP contribution in [0.5, 0.6) is 11.6 Å². The number of ether oxygens (including phenoxy) is 2. The topological polar surface area (TPSA) is 157 Å². The van der Waals surface area contributed by atoms with E-state index in [1.165, 1.54) is 0 Å². The van der Waals surface area contributed by atoms with Crippen molar-refractivity contribution in [2.75, 3.05) is 32.2 Å². The van der Waals surface area contributed by atoms with E-state index >= 15 is 0 Å². The Hall–Kier alpha value is -4.71. The summed E-state index contributed by atoms with van der Waals surface area (Å²) in [4.78, 5) is 17.3. The van der Waals surface area contributed by atoms with Gasteiger partial charge in [-0.3, -0.25) is 4.79 Å². The molecule has 11 nitrogen and oxygen atoms in total. The highest BCUT2D eigenvalue weighted by molar-refractivity contribution is 6.06. The highest BCUT2D eigenvalue weighted by Gasteiger charge is 2.39. The lowest BCUT2D eigenvalue weighted by Crippen LogP contribution is -2.50. The van der Waals surface area contributed by atoms with Gasteiger partial charge >= 0.3 is 0 Å². The number of aliphatic imine (C=N–C) groups is 1. The average Bonchev–Trinajstić information content (AvgIpc) is 3.36. The molecule has 1 aliphatic heterocycles. The summed E-state index contributed by atoms with van der Waals surface area (Å²) in [6, 6.07) is 8.79. The molecule has 0 aliphatic carbocycles. The third-order valence-corrected chi connectivity index (χ3v) is 6.51. The predicted molar refractivity (Wildman–Crippen MR) is 149 cm³/mol. The number of phenols is 1. The van der Waals surface area contributed by atoms with Crippen LogP contribution in [0.15, 0.2) is 53.9 Å². The van der Waals surface area contributed by atoms with Gasteiger partial charge in [0.2, 0.25) is 5.88 Å². The van der Waals surface area contributed by atoms with Gasteiger partial charge in [-0.15, -0.1) is 0 Å². The molecule has 12 heteroatoms. The number of phenolic OH excluding ortho intramolecular Hbond substituents is 1. The number of alkyl halides is 1. The quantitative estimate of drug-likeness (QED) is 0.145. The van der Waals surface area contributed by atoms with E-state index in [2.05, 4.69) is 20.4 Å². The molecule has 0 amide bonds. The first-order valence-electron chi connectivity index (χ1n) is 12.5. The summed E-state index contributed by atoms with van der Waals surface area (Å²) in [7, 11) is 1.58. The smallest absolute Gasteiger partial charge is 0.290 e. The molecule has 5 N–H and O–H groups in total. The Kier molecular flexibility index (Phi) is 8.49. The normalized spacial score (nSPS) is 14.2. The van der Waals surface area contributed by atoms with Gasteiger partial charge in [0.05, 0.1) is 55.5 Å². The second kappa shape index (κ2) is 12.0. The molecule has 1 saturated heterocycles. The third kappa shape index (κ3) is 5.96. The number of nitrogens with one attached hydrogen (secondary N) is 1. The molecule has 0 saturated carbocycles. The number of methoxy groups -OCH3 is 1. The third-order valence-electron chi connectivity index (χ3n) is 6.51. The first-order chi connectivity index (χ1) is 19.2. The SMILES string of the molecule is CCc1cc(O)ccc1N=C(N)c1cnn2cc(-c3cnc(OC)cc3C)cc2c1NCC1(F)COC1.O=CO. The van der Waals surface area contributed by atoms with Gasteiger partial charge < -0.3 is 30.7 Å². The van der Waals surface area contributed by atoms with E-state index < -0.39 is 5.67 Å². The van der Waals surface area contributed by atoms with Crippen LogP contribution in [0.2, 0.25) is 0 Å². The first kappa shape index (κ1) is 28.3. The Bertz CT molecular complexity index is 1550. The molecule has 210 valence electrons. The summed E-state index contributed by atoms with van der Waals surface area (Å²) < 4.78 is 26.9. The molecule has 0 radical (unpaired) electrons. The Balaban J connectivity index is 0.00000118. The predicted octanol–water partition coefficient (Wildman–Crippen LogP) is 3.87. The van der Waals surface area contributed by atoms with Gasteiger partial charge in [-0.1, -0.05) is 6.92 Å². The first-order valence-corrected chi connectivity index (χ1v) is 12.5. The van der Waals surface area contributed by atoms with Crippen molar-refractivity contribution in [1.82, 2.24) is 14.6 Å². The van der Waals surface area contributed by atoms with Gasteiger partial charge in [0, 0.05) is 29.6 Å². The Labute approximate surface area is 230 Å². The summed E-state index contributed by atoms with van der Waals surface area (Å²) in [5.41, 5.74) is 11.2. The van der Waals surface area contributed by atoms with Gasteiger partial charge in [-0.05, 0) is 48.7 Å². The van der Waals surface area contributed by atoms with Crippen molar-refractivity contribution >= 4 is 29.2 Å². The van der Waals surface area contributed by atoms with Crippen molar-refractivity contribution in [3.05, 3.63) is 65.6 Å². The maximum absolute atomic E-state index is 14.9. The number of aromatic nitrogens is 3. The molecule has 1 aromatic carbocycles. The Morgan fingerprint density at radius 2 is 2.08 bits per heavy atom. The van der Waals surface area contributed by atoms with Crippen molar-refractivity contribution in [3.63, 3.8) is 0 Å². The number of pyridine rings is 1. The standard InChI is InChI=1S/C27H29FN6O3.CH2O2/c1-4-17-8-19(35)5-6-22(17)33-26(29)21-11-32-34-12-18(20-10-30-24(36-3)7-16(20)2)9-23(34)25(21)31-13-27(28)14-37-15-27;2-1-3/h5-12,31,35H,4,13-15H2,1-3H3,(H2,29,33);1H,(H,2,3). The van der Waals surface area contributed by atoms with E-state index in [1.54, 1.807) is 42.2 Å². The zero-order valence-electron chi connectivity index (χ0n) is 22.4. The summed E-state index contributed by atoms with van der Waals surface area (Å²) in [6.07, 6.45) is 5.93. The summed E-state index contributed by atoms with van der Waals surface area (Å²) >= 11 is 0. The zero-order valence-corrected chi connectivity index (χ0v) is 22.4. The molecule has 4 heterocycles. The van der Waals surface area contributed by atoms with Gasteiger partial charge in [0.15, 0.2) is 5.67 Å². The Morgan fingerprint density at radius 3 is 2.70 bits per heavy atom. The molecule has 4 aromatic rings. The Morgan fingerprint density at radius 1 is 1.32 bits per heavy atom. The number of aromatic hydroxyl groups is 1. The van der Waals surface area contributed by atoms with Crippen LogP contribution in [-0.2, 0) is 16.0 Å². The van der Waals surface area contributed by atoms with Crippen LogP contribution in [0.3, 0.4) is 0 Å². The number of hydrogen-bond donors (Lipinski definition) is 4. The zero-order chi connectivity index (χ0) is 28.9. The van der Waals surface area contributed by atoms with Crippen LogP contribution < -0.4 is 15.8 Å². The van der Waals surface area contributed by atoms with Crippen molar-refractivity contribution in [1.29, 1.82) is 0 Å². The number of fused-ring (bicyclic) bond motifs is 1. The lowest BCUT2D eigenvalue weighted by Gasteiger charge is -2.34. The number of rotatable bonds is 8. The number of halogens is 1. The maximum atomic E-state index is 14.9. The van der Waals surface area contributed by atoms with E-state index in [1.807, 2.05) is 32.2 Å². The number of anilines is 1. The van der Waals surface area contributed by atoms with Gasteiger partial charge in [0.1, 0.15) is 11.6 Å². The number of carbonyl (C=O) groups is 1. The van der Waals surface area contributed by atoms with E-state index in [9.17, 15) is 9.50 Å². The van der Waals surface area contributed by atoms with Crippen LogP contribution >= 0.6 is 0 Å². The van der Waals surface area contributed by atoms with Crippen molar-refractivity contribution < 1.29 is 28.9 Å². The second-order valence-electron chi connectivity index (χ2n) is 9.30. The second-order valence-corrected chi connectivity index (χ2v) is 9.30. The van der Waals surface area contributed by atoms with Crippen molar-refractivity contribution in [3.8, 4) is 22.8 Å². The lowest BCUT2D eigenvalue weighted by molar-refractivity contribution is -0.122. The van der Waals surface area contributed by atoms with Gasteiger partial charge in [-0.25, -0.2) is 18.9 Å². The molecule has 40 heavy (non-hydrogen) atoms. The van der Waals surface area contributed by atoms with Crippen LogP contribution in [-0.4, -0.2) is 69.7 Å². The van der Waals surface area contributed by atoms with E-state index in [4.69, 9.17) is 25.1 Å². The average molecular weight is 551 g/mol. The molecule has 1 aliphatic rings. The summed E-state index contributed by atoms with van der Waals surface area (Å²) in [5, 5.41) is 24.5. The number of carboxylic acid groups (broad SMARTS) is 1. The minimum atomic E-state index is -1.46. The summed E-state index contributed by atoms with van der Waals surface area (Å²) in [6.45, 7) is 3.84. The molecule has 0 bridgehead atoms. The molecule has 0 atom stereocenters. The fourth-order valence-electron chi connectivity index (χ4n) is 4.35. The summed E-state index contributed by atoms with van der Waals surface area (Å²) in [5.74, 6) is 0.925. The van der Waals surface area contributed by atoms with Gasteiger partial charge in [0.25, 0.3) is 6.47 Å². The molecular formula is C28H31FN6O5. The number of aryl methyl sites for hydroxylation is 2. The minimum absolute atomic E-state index is 0.0383. The lowest BCUT2D eigenvalue weighted by atomic mass is 10.0. The monoisotopic (exact) mass is 550 g/mol. The van der Waals surface area contributed by atoms with E-state index in [-0.39, 0.29) is 37.8 Å². The van der Waals surface area contributed by atoms with Crippen LogP contribution in [0.1, 0.15) is 23.6 Å². The molecule has 3 aromatic heterocycles. The number of nitrogens with zero attached hydrogens (tertiary/aromatic N) is 4. The van der Waals surface area contributed by atoms with E-state index in [0.717, 1.165) is 22.3 Å². The minimum Gasteiger partial charge on any atom is -0.508 e. The van der Waals surface area contributed by atoms with Crippen molar-refractivity contribution in [2.24, 2.45) is 10.7 Å². The number of nitrogens with two attached hydrogens (primary N) is 1. The van der Waals surface area contributed by atoms with Crippen LogP contribution in [0.4, 0.5) is 15.8 Å². The molecular weight excluding hydrogens is 519 g/mol. The highest BCUT2D eigenvalue weighted by atomic mass is 19.1. The molecule has 1 fully saturated rings. The number of hydrogen-bond acceptors (Lipinski definition) is 8. The van der Waals surface area contributed by atoms with E-state index in [0.29, 0.717) is 34.8 Å². The van der Waals surface area contributed by atoms with Crippen LogP contribution in [0.25, 0.3) is 16.6 Å². The van der Waals surface area contributed by atoms with Crippen LogP contribution in [0, 0.1) is 6.92 Å². The largest absolute Gasteiger partial charge is 0.508 e. The fraction of sp³-hybridized carbons (Fsp3) is 0.286. The molecule has 5 rings (SSSR count). The van der Waals surface area contributed by atoms with Crippen molar-refractivity contribution in [2.45, 2.75) is 25.9 Å².